The lowest BCUT2D eigenvalue weighted by Crippen LogP contribution is -2.42. The number of alkyl halides is 1. The first kappa shape index (κ1) is 22.7. The zero-order chi connectivity index (χ0) is 22.9. The fourth-order valence-electron chi connectivity index (χ4n) is 3.20. The molecule has 2 aromatic heterocycles. The predicted octanol–water partition coefficient (Wildman–Crippen LogP) is 4.32. The zero-order valence-corrected chi connectivity index (χ0v) is 18.0. The van der Waals surface area contributed by atoms with Crippen molar-refractivity contribution in [2.75, 3.05) is 0 Å². The third-order valence-corrected chi connectivity index (χ3v) is 4.92. The molecule has 0 N–H and O–H groups in total. The first-order valence-electron chi connectivity index (χ1n) is 9.04. The summed E-state index contributed by atoms with van der Waals surface area (Å²) in [6.45, 7) is 2.12. The second-order valence-corrected chi connectivity index (χ2v) is 8.22. The molecule has 3 aromatic rings. The molecule has 0 saturated heterocycles. The van der Waals surface area contributed by atoms with Crippen molar-refractivity contribution in [1.82, 2.24) is 14.1 Å². The van der Waals surface area contributed by atoms with Crippen molar-refractivity contribution >= 4 is 23.2 Å². The quantitative estimate of drug-likeness (QED) is 0.562. The van der Waals surface area contributed by atoms with Gasteiger partial charge in [0.05, 0.1) is 33.6 Å². The van der Waals surface area contributed by atoms with Crippen molar-refractivity contribution in [3.05, 3.63) is 79.1 Å². The number of nitriles is 1. The van der Waals surface area contributed by atoms with E-state index in [4.69, 9.17) is 23.2 Å². The van der Waals surface area contributed by atoms with Gasteiger partial charge in [-0.2, -0.15) is 5.26 Å². The molecule has 0 unspecified atom stereocenters. The highest BCUT2D eigenvalue weighted by molar-refractivity contribution is 6.31. The smallest absolute Gasteiger partial charge is 0.283 e. The summed E-state index contributed by atoms with van der Waals surface area (Å²) < 4.78 is 30.2. The van der Waals surface area contributed by atoms with Crippen LogP contribution in [0.25, 0.3) is 16.8 Å². The van der Waals surface area contributed by atoms with Crippen LogP contribution in [-0.4, -0.2) is 19.8 Å². The molecule has 31 heavy (non-hydrogen) atoms. The monoisotopic (exact) mass is 464 g/mol. The molecule has 0 fully saturated rings. The number of nitrogens with zero attached hydrogens (tertiary/aromatic N) is 4. The number of aromatic nitrogens is 3. The van der Waals surface area contributed by atoms with Gasteiger partial charge in [-0.25, -0.2) is 18.1 Å². The maximum Gasteiger partial charge on any atom is 0.336 e. The number of hydrogen-bond acceptors (Lipinski definition) is 4. The van der Waals surface area contributed by atoms with Crippen LogP contribution in [-0.2, 0) is 13.0 Å². The molecule has 0 atom stereocenters. The molecule has 6 nitrogen and oxygen atoms in total. The fraction of sp³-hybridized carbons (Fsp3) is 0.238. The lowest BCUT2D eigenvalue weighted by Gasteiger charge is -2.22. The van der Waals surface area contributed by atoms with Gasteiger partial charge in [-0.05, 0) is 37.6 Å². The van der Waals surface area contributed by atoms with Crippen LogP contribution in [0.4, 0.5) is 8.78 Å². The molecule has 0 radical (unpaired) electrons. The number of hydrogen-bond donors (Lipinski definition) is 0. The molecule has 0 aliphatic rings. The Kier molecular flexibility index (Phi) is 6.30. The largest absolute Gasteiger partial charge is 0.336 e. The molecule has 3 rings (SSSR count). The van der Waals surface area contributed by atoms with E-state index in [0.717, 1.165) is 15.2 Å². The summed E-state index contributed by atoms with van der Waals surface area (Å²) in [4.78, 5) is 30.6. The number of rotatable bonds is 5. The summed E-state index contributed by atoms with van der Waals surface area (Å²) in [7, 11) is 0. The Morgan fingerprint density at radius 2 is 1.90 bits per heavy atom. The van der Waals surface area contributed by atoms with Crippen LogP contribution in [0.2, 0.25) is 10.0 Å². The van der Waals surface area contributed by atoms with Gasteiger partial charge in [0.1, 0.15) is 18.0 Å². The molecule has 0 aliphatic heterocycles. The predicted molar refractivity (Wildman–Crippen MR) is 114 cm³/mol. The van der Waals surface area contributed by atoms with Crippen LogP contribution < -0.4 is 11.2 Å². The maximum atomic E-state index is 14.7. The minimum atomic E-state index is -1.82. The summed E-state index contributed by atoms with van der Waals surface area (Å²) in [5.41, 5.74) is -3.32. The van der Waals surface area contributed by atoms with Crippen molar-refractivity contribution in [2.24, 2.45) is 0 Å². The third-order valence-electron chi connectivity index (χ3n) is 4.43. The van der Waals surface area contributed by atoms with Crippen LogP contribution >= 0.6 is 23.2 Å². The Morgan fingerprint density at radius 3 is 2.48 bits per heavy atom. The topological polar surface area (TPSA) is 80.7 Å². The van der Waals surface area contributed by atoms with Crippen molar-refractivity contribution in [3.63, 3.8) is 0 Å². The van der Waals surface area contributed by atoms with E-state index < -0.39 is 29.3 Å². The Labute approximate surface area is 185 Å². The van der Waals surface area contributed by atoms with Gasteiger partial charge in [-0.15, -0.1) is 0 Å². The molecule has 1 aromatic carbocycles. The molecular weight excluding hydrogens is 449 g/mol. The van der Waals surface area contributed by atoms with Gasteiger partial charge in [-0.3, -0.25) is 14.3 Å². The second kappa shape index (κ2) is 8.61. The van der Waals surface area contributed by atoms with Crippen LogP contribution in [0.3, 0.4) is 0 Å². The Bertz CT molecular complexity index is 1320. The Morgan fingerprint density at radius 1 is 1.19 bits per heavy atom. The van der Waals surface area contributed by atoms with Gasteiger partial charge in [-0.1, -0.05) is 29.3 Å². The summed E-state index contributed by atoms with van der Waals surface area (Å²) >= 11 is 11.9. The van der Waals surface area contributed by atoms with Gasteiger partial charge < -0.3 is 0 Å². The molecule has 0 amide bonds. The van der Waals surface area contributed by atoms with Crippen LogP contribution in [0.15, 0.2) is 46.2 Å². The average molecular weight is 465 g/mol. The first-order chi connectivity index (χ1) is 14.5. The highest BCUT2D eigenvalue weighted by Gasteiger charge is 2.27. The maximum absolute atomic E-state index is 14.7. The lowest BCUT2D eigenvalue weighted by atomic mass is 9.96. The second-order valence-electron chi connectivity index (χ2n) is 7.37. The Hall–Kier alpha value is -3.02. The fourth-order valence-corrected chi connectivity index (χ4v) is 3.55. The van der Waals surface area contributed by atoms with E-state index in [9.17, 15) is 23.6 Å². The van der Waals surface area contributed by atoms with Crippen LogP contribution in [0, 0.1) is 17.1 Å². The average Bonchev–Trinajstić information content (AvgIpc) is 2.67. The molecule has 160 valence electrons. The van der Waals surface area contributed by atoms with Gasteiger partial charge in [0.15, 0.2) is 0 Å². The van der Waals surface area contributed by atoms with E-state index in [1.54, 1.807) is 0 Å². The van der Waals surface area contributed by atoms with Crippen molar-refractivity contribution in [2.45, 2.75) is 32.5 Å². The van der Waals surface area contributed by atoms with E-state index >= 15 is 0 Å². The number of halogens is 4. The normalized spacial score (nSPS) is 11.4. The van der Waals surface area contributed by atoms with Crippen LogP contribution in [0.5, 0.6) is 0 Å². The van der Waals surface area contributed by atoms with Gasteiger partial charge in [0.2, 0.25) is 0 Å². The van der Waals surface area contributed by atoms with Gasteiger partial charge in [0.25, 0.3) is 5.56 Å². The molecule has 2 heterocycles. The first-order valence-corrected chi connectivity index (χ1v) is 9.80. The van der Waals surface area contributed by atoms with Crippen molar-refractivity contribution in [3.8, 4) is 22.9 Å². The summed E-state index contributed by atoms with van der Waals surface area (Å²) in [5, 5.41) is 9.21. The van der Waals surface area contributed by atoms with Gasteiger partial charge >= 0.3 is 5.69 Å². The minimum Gasteiger partial charge on any atom is -0.283 e. The van der Waals surface area contributed by atoms with E-state index in [2.05, 4.69) is 4.98 Å². The lowest BCUT2D eigenvalue weighted by molar-refractivity contribution is 0.213. The summed E-state index contributed by atoms with van der Waals surface area (Å²) in [5.74, 6) is -0.706. The van der Waals surface area contributed by atoms with Crippen molar-refractivity contribution in [1.29, 1.82) is 5.26 Å². The van der Waals surface area contributed by atoms with E-state index in [1.807, 2.05) is 6.07 Å². The molecule has 10 heteroatoms. The van der Waals surface area contributed by atoms with E-state index in [0.29, 0.717) is 0 Å². The summed E-state index contributed by atoms with van der Waals surface area (Å²) in [6, 6.07) is 6.79. The van der Waals surface area contributed by atoms with Gasteiger partial charge in [0, 0.05) is 18.3 Å². The molecule has 0 saturated carbocycles. The molecule has 0 aliphatic carbocycles. The molecule has 0 spiro atoms. The number of benzene rings is 1. The third kappa shape index (κ3) is 4.68. The minimum absolute atomic E-state index is 0.00189. The van der Waals surface area contributed by atoms with Crippen LogP contribution in [0.1, 0.15) is 19.5 Å². The SMILES string of the molecule is CC(C)(F)Cc1c(-c2ccc(F)c(Cl)c2)c(=O)n(-c2cncc(Cl)c2)c(=O)n1CC#N. The standard InChI is InChI=1S/C21H16Cl2F2N4O2/c1-21(2,25)9-17-18(12-3-4-16(24)15(23)7-12)19(30)29(20(31)28(17)6-5-26)14-8-13(22)10-27-11-14/h3-4,7-8,10-11H,6,9H2,1-2H3. The van der Waals surface area contributed by atoms with E-state index in [1.165, 1.54) is 44.4 Å². The van der Waals surface area contributed by atoms with Crippen molar-refractivity contribution < 1.29 is 8.78 Å². The van der Waals surface area contributed by atoms with E-state index in [-0.39, 0.29) is 39.0 Å². The highest BCUT2D eigenvalue weighted by Crippen LogP contribution is 2.28. The molecule has 0 bridgehead atoms. The Balaban J connectivity index is 2.51. The number of pyridine rings is 1. The highest BCUT2D eigenvalue weighted by atomic mass is 35.5. The zero-order valence-electron chi connectivity index (χ0n) is 16.5. The summed E-state index contributed by atoms with van der Waals surface area (Å²) in [6.07, 6.45) is 2.23. The molecular formula is C21H16Cl2F2N4O2.